The number of halogens is 2. The molecule has 0 aliphatic carbocycles. The van der Waals surface area contributed by atoms with Crippen LogP contribution in [0.3, 0.4) is 0 Å². The van der Waals surface area contributed by atoms with Gasteiger partial charge in [-0.2, -0.15) is 0 Å². The molecule has 0 unspecified atom stereocenters. The Morgan fingerprint density at radius 1 is 1.19 bits per heavy atom. The van der Waals surface area contributed by atoms with Crippen LogP contribution < -0.4 is 5.32 Å². The van der Waals surface area contributed by atoms with Gasteiger partial charge in [0.25, 0.3) is 0 Å². The first-order valence-corrected chi connectivity index (χ1v) is 9.17. The Balaban J connectivity index is 1.82. The first-order valence-electron chi connectivity index (χ1n) is 6.43. The van der Waals surface area contributed by atoms with Crippen molar-refractivity contribution in [1.29, 1.82) is 0 Å². The summed E-state index contributed by atoms with van der Waals surface area (Å²) < 4.78 is 1.97. The summed E-state index contributed by atoms with van der Waals surface area (Å²) in [5, 5.41) is 2.92. The molecule has 0 saturated heterocycles. The van der Waals surface area contributed by atoms with Crippen LogP contribution in [0.2, 0.25) is 0 Å². The normalized spacial score (nSPS) is 10.4. The van der Waals surface area contributed by atoms with Crippen LogP contribution in [0.25, 0.3) is 0 Å². The van der Waals surface area contributed by atoms with Gasteiger partial charge in [-0.3, -0.25) is 4.79 Å². The summed E-state index contributed by atoms with van der Waals surface area (Å²) in [5.41, 5.74) is 3.18. The molecule has 0 heterocycles. The molecule has 1 N–H and O–H groups in total. The minimum absolute atomic E-state index is 0.0135. The van der Waals surface area contributed by atoms with E-state index in [4.69, 9.17) is 0 Å². The van der Waals surface area contributed by atoms with Crippen LogP contribution in [0.1, 0.15) is 11.1 Å². The summed E-state index contributed by atoms with van der Waals surface area (Å²) in [6.07, 6.45) is 0. The Labute approximate surface area is 146 Å². The van der Waals surface area contributed by atoms with E-state index in [-0.39, 0.29) is 5.91 Å². The van der Waals surface area contributed by atoms with Crippen LogP contribution in [-0.4, -0.2) is 11.7 Å². The smallest absolute Gasteiger partial charge is 0.234 e. The Hall–Kier alpha value is -0.780. The highest BCUT2D eigenvalue weighted by Crippen LogP contribution is 2.24. The average molecular weight is 429 g/mol. The van der Waals surface area contributed by atoms with E-state index in [1.807, 2.05) is 37.3 Å². The van der Waals surface area contributed by atoms with Gasteiger partial charge >= 0.3 is 0 Å². The summed E-state index contributed by atoms with van der Waals surface area (Å²) >= 11 is 8.51. The topological polar surface area (TPSA) is 29.1 Å². The number of hydrogen-bond donors (Lipinski definition) is 1. The summed E-state index contributed by atoms with van der Waals surface area (Å²) in [5.74, 6) is 1.27. The maximum atomic E-state index is 11.9. The van der Waals surface area contributed by atoms with E-state index in [9.17, 15) is 4.79 Å². The molecule has 0 fully saturated rings. The van der Waals surface area contributed by atoms with Gasteiger partial charge in [0, 0.05) is 14.7 Å². The fourth-order valence-electron chi connectivity index (χ4n) is 1.80. The van der Waals surface area contributed by atoms with Gasteiger partial charge in [0.15, 0.2) is 0 Å². The van der Waals surface area contributed by atoms with E-state index in [1.165, 1.54) is 5.56 Å². The number of thioether (sulfide) groups is 1. The third-order valence-corrected chi connectivity index (χ3v) is 4.94. The lowest BCUT2D eigenvalue weighted by molar-refractivity contribution is -0.113. The Morgan fingerprint density at radius 3 is 2.71 bits per heavy atom. The molecule has 2 rings (SSSR count). The predicted octanol–water partition coefficient (Wildman–Crippen LogP) is 5.39. The highest BCUT2D eigenvalue weighted by molar-refractivity contribution is 9.10. The summed E-state index contributed by atoms with van der Waals surface area (Å²) in [4.78, 5) is 11.9. The van der Waals surface area contributed by atoms with Crippen molar-refractivity contribution in [3.05, 3.63) is 62.5 Å². The van der Waals surface area contributed by atoms with Gasteiger partial charge < -0.3 is 5.32 Å². The minimum atomic E-state index is 0.0135. The number of benzene rings is 2. The molecule has 0 bridgehead atoms. The Bertz CT molecular complexity index is 646. The highest BCUT2D eigenvalue weighted by atomic mass is 79.9. The van der Waals surface area contributed by atoms with Gasteiger partial charge in [-0.15, -0.1) is 11.8 Å². The van der Waals surface area contributed by atoms with Crippen molar-refractivity contribution in [3.63, 3.8) is 0 Å². The average Bonchev–Trinajstić information content (AvgIpc) is 2.42. The molecule has 2 aromatic rings. The number of carbonyl (C=O) groups excluding carboxylic acids is 1. The Kier molecular flexibility index (Phi) is 6.33. The molecule has 0 atom stereocenters. The Morgan fingerprint density at radius 2 is 2.00 bits per heavy atom. The second-order valence-corrected chi connectivity index (χ2v) is 7.41. The van der Waals surface area contributed by atoms with Crippen molar-refractivity contribution in [3.8, 4) is 0 Å². The molecular weight excluding hydrogens is 414 g/mol. The van der Waals surface area contributed by atoms with Crippen molar-refractivity contribution in [2.45, 2.75) is 12.7 Å². The van der Waals surface area contributed by atoms with Crippen LogP contribution in [-0.2, 0) is 10.5 Å². The molecule has 2 aromatic carbocycles. The lowest BCUT2D eigenvalue weighted by Crippen LogP contribution is -2.14. The minimum Gasteiger partial charge on any atom is -0.324 e. The lowest BCUT2D eigenvalue weighted by Gasteiger charge is -2.08. The second-order valence-electron chi connectivity index (χ2n) is 4.65. The predicted molar refractivity (Wildman–Crippen MR) is 97.8 cm³/mol. The van der Waals surface area contributed by atoms with E-state index >= 15 is 0 Å². The van der Waals surface area contributed by atoms with Crippen LogP contribution >= 0.6 is 43.6 Å². The van der Waals surface area contributed by atoms with Crippen molar-refractivity contribution in [2.24, 2.45) is 0 Å². The summed E-state index contributed by atoms with van der Waals surface area (Å²) in [6.45, 7) is 2.02. The number of anilines is 1. The third-order valence-electron chi connectivity index (χ3n) is 2.79. The van der Waals surface area contributed by atoms with Gasteiger partial charge in [-0.25, -0.2) is 0 Å². The number of amides is 1. The quantitative estimate of drug-likeness (QED) is 0.691. The fourth-order valence-corrected chi connectivity index (χ4v) is 3.61. The molecule has 0 saturated carbocycles. The van der Waals surface area contributed by atoms with Gasteiger partial charge in [0.05, 0.1) is 11.4 Å². The van der Waals surface area contributed by atoms with Gasteiger partial charge in [0.2, 0.25) is 5.91 Å². The van der Waals surface area contributed by atoms with E-state index in [0.717, 1.165) is 25.9 Å². The lowest BCUT2D eigenvalue weighted by atomic mass is 10.2. The largest absolute Gasteiger partial charge is 0.324 e. The van der Waals surface area contributed by atoms with Gasteiger partial charge in [-0.1, -0.05) is 34.1 Å². The van der Waals surface area contributed by atoms with E-state index in [1.54, 1.807) is 11.8 Å². The molecule has 21 heavy (non-hydrogen) atoms. The van der Waals surface area contributed by atoms with Crippen LogP contribution in [0.4, 0.5) is 5.69 Å². The zero-order valence-electron chi connectivity index (χ0n) is 11.5. The fraction of sp³-hybridized carbons (Fsp3) is 0.188. The molecule has 0 aromatic heterocycles. The number of carbonyl (C=O) groups is 1. The van der Waals surface area contributed by atoms with Crippen LogP contribution in [0.5, 0.6) is 0 Å². The first-order chi connectivity index (χ1) is 10.0. The molecule has 0 aliphatic heterocycles. The molecule has 0 spiro atoms. The van der Waals surface area contributed by atoms with E-state index < -0.39 is 0 Å². The van der Waals surface area contributed by atoms with Gasteiger partial charge in [-0.05, 0) is 58.2 Å². The SMILES string of the molecule is Cc1ccc(NC(=O)CSCc2cccc(Br)c2)c(Br)c1. The third kappa shape index (κ3) is 5.49. The van der Waals surface area contributed by atoms with Crippen LogP contribution in [0.15, 0.2) is 51.4 Å². The zero-order chi connectivity index (χ0) is 15.2. The molecule has 5 heteroatoms. The number of hydrogen-bond acceptors (Lipinski definition) is 2. The maximum absolute atomic E-state index is 11.9. The number of aryl methyl sites for hydroxylation is 1. The molecule has 2 nitrogen and oxygen atoms in total. The number of rotatable bonds is 5. The summed E-state index contributed by atoms with van der Waals surface area (Å²) in [6, 6.07) is 14.0. The number of nitrogens with one attached hydrogen (secondary N) is 1. The van der Waals surface area contributed by atoms with Crippen molar-refractivity contribution in [2.75, 3.05) is 11.1 Å². The molecule has 1 amide bonds. The molecule has 0 aliphatic rings. The molecule has 0 radical (unpaired) electrons. The van der Waals surface area contributed by atoms with E-state index in [0.29, 0.717) is 5.75 Å². The standard InChI is InChI=1S/C16H15Br2NOS/c1-11-5-6-15(14(18)7-11)19-16(20)10-21-9-12-3-2-4-13(17)8-12/h2-8H,9-10H2,1H3,(H,19,20). The van der Waals surface area contributed by atoms with Crippen LogP contribution in [0, 0.1) is 6.92 Å². The summed E-state index contributed by atoms with van der Waals surface area (Å²) in [7, 11) is 0. The second kappa shape index (κ2) is 8.01. The first kappa shape index (κ1) is 16.6. The molecular formula is C16H15Br2NOS. The van der Waals surface area contributed by atoms with Crippen molar-refractivity contribution in [1.82, 2.24) is 0 Å². The monoisotopic (exact) mass is 427 g/mol. The van der Waals surface area contributed by atoms with E-state index in [2.05, 4.69) is 49.3 Å². The van der Waals surface area contributed by atoms with Crippen molar-refractivity contribution < 1.29 is 4.79 Å². The zero-order valence-corrected chi connectivity index (χ0v) is 15.5. The van der Waals surface area contributed by atoms with Gasteiger partial charge in [0.1, 0.15) is 0 Å². The van der Waals surface area contributed by atoms with Crippen molar-refractivity contribution >= 4 is 55.2 Å². The molecule has 110 valence electrons. The maximum Gasteiger partial charge on any atom is 0.234 e. The highest BCUT2D eigenvalue weighted by Gasteiger charge is 2.06.